The first-order chi connectivity index (χ1) is 16.2. The van der Waals surface area contributed by atoms with Gasteiger partial charge in [0.2, 0.25) is 5.91 Å². The number of nitrogens with one attached hydrogen (secondary N) is 1. The predicted molar refractivity (Wildman–Crippen MR) is 125 cm³/mol. The highest BCUT2D eigenvalue weighted by Crippen LogP contribution is 2.35. The van der Waals surface area contributed by atoms with Crippen LogP contribution in [0, 0.1) is 6.92 Å². The number of alkyl halides is 3. The van der Waals surface area contributed by atoms with Crippen molar-refractivity contribution in [3.05, 3.63) is 76.8 Å². The van der Waals surface area contributed by atoms with Crippen LogP contribution < -0.4 is 5.32 Å². The van der Waals surface area contributed by atoms with E-state index in [1.54, 1.807) is 17.7 Å². The van der Waals surface area contributed by atoms with E-state index >= 15 is 0 Å². The number of nitrogens with zero attached hydrogens (tertiary/aromatic N) is 3. The highest BCUT2D eigenvalue weighted by atomic mass is 32.1. The molecule has 2 heterocycles. The molecule has 176 valence electrons. The smallest absolute Gasteiger partial charge is 0.329 e. The van der Waals surface area contributed by atoms with Crippen molar-refractivity contribution in [2.75, 3.05) is 18.4 Å². The molecule has 4 rings (SSSR count). The molecule has 0 saturated heterocycles. The summed E-state index contributed by atoms with van der Waals surface area (Å²) < 4.78 is 41.4. The summed E-state index contributed by atoms with van der Waals surface area (Å²) in [5.41, 5.74) is 0.335. The van der Waals surface area contributed by atoms with Gasteiger partial charge in [0.25, 0.3) is 5.91 Å². The Morgan fingerprint density at radius 1 is 1.09 bits per heavy atom. The molecular weight excluding hydrogens is 465 g/mol. The maximum absolute atomic E-state index is 13.2. The van der Waals surface area contributed by atoms with Crippen molar-refractivity contribution in [1.29, 1.82) is 0 Å². The normalized spacial score (nSPS) is 11.6. The van der Waals surface area contributed by atoms with E-state index in [0.717, 1.165) is 27.7 Å². The summed E-state index contributed by atoms with van der Waals surface area (Å²) in [6.07, 6.45) is -4.61. The first-order valence-corrected chi connectivity index (χ1v) is 11.3. The molecule has 0 aliphatic heterocycles. The van der Waals surface area contributed by atoms with Crippen molar-refractivity contribution >= 4 is 39.1 Å². The summed E-state index contributed by atoms with van der Waals surface area (Å²) in [7, 11) is 0. The van der Waals surface area contributed by atoms with Crippen LogP contribution in [0.4, 0.5) is 18.9 Å². The summed E-state index contributed by atoms with van der Waals surface area (Å²) in [4.78, 5) is 28.2. The summed E-state index contributed by atoms with van der Waals surface area (Å²) in [6, 6.07) is 16.0. The van der Waals surface area contributed by atoms with Gasteiger partial charge in [0.1, 0.15) is 11.4 Å². The van der Waals surface area contributed by atoms with Crippen molar-refractivity contribution in [3.8, 4) is 5.69 Å². The SMILES string of the molecule is CCN(CC(=O)Nc1ccccc1C(F)(F)F)C(=O)c1cc2c(C)nn(-c3ccccc3)c2s1. The fourth-order valence-corrected chi connectivity index (χ4v) is 4.73. The van der Waals surface area contributed by atoms with Crippen molar-refractivity contribution in [3.63, 3.8) is 0 Å². The number of para-hydroxylation sites is 2. The summed E-state index contributed by atoms with van der Waals surface area (Å²) in [5, 5.41) is 7.67. The third-order valence-corrected chi connectivity index (χ3v) is 6.36. The molecule has 6 nitrogen and oxygen atoms in total. The second-order valence-corrected chi connectivity index (χ2v) is 8.60. The lowest BCUT2D eigenvalue weighted by atomic mass is 10.1. The number of fused-ring (bicyclic) bond motifs is 1. The maximum atomic E-state index is 13.2. The number of hydrogen-bond acceptors (Lipinski definition) is 4. The molecular formula is C24H21F3N4O2S. The van der Waals surface area contributed by atoms with Gasteiger partial charge in [-0.3, -0.25) is 9.59 Å². The average Bonchev–Trinajstić information content (AvgIpc) is 3.38. The van der Waals surface area contributed by atoms with Crippen LogP contribution in [-0.4, -0.2) is 39.6 Å². The van der Waals surface area contributed by atoms with Gasteiger partial charge >= 0.3 is 6.18 Å². The molecule has 0 saturated carbocycles. The van der Waals surface area contributed by atoms with Crippen LogP contribution >= 0.6 is 11.3 Å². The van der Waals surface area contributed by atoms with E-state index in [-0.39, 0.29) is 24.7 Å². The van der Waals surface area contributed by atoms with Crippen LogP contribution in [0.25, 0.3) is 15.9 Å². The molecule has 2 aromatic heterocycles. The minimum Gasteiger partial charge on any atom is -0.329 e. The Morgan fingerprint density at radius 2 is 1.76 bits per heavy atom. The topological polar surface area (TPSA) is 67.2 Å². The number of hydrogen-bond donors (Lipinski definition) is 1. The zero-order valence-electron chi connectivity index (χ0n) is 18.4. The van der Waals surface area contributed by atoms with Crippen molar-refractivity contribution < 1.29 is 22.8 Å². The lowest BCUT2D eigenvalue weighted by Gasteiger charge is -2.20. The molecule has 1 N–H and O–H groups in total. The molecule has 4 aromatic rings. The molecule has 34 heavy (non-hydrogen) atoms. The molecule has 0 unspecified atom stereocenters. The van der Waals surface area contributed by atoms with Gasteiger partial charge in [0.05, 0.1) is 27.5 Å². The minimum absolute atomic E-state index is 0.214. The van der Waals surface area contributed by atoms with Gasteiger partial charge in [-0.05, 0) is 44.2 Å². The van der Waals surface area contributed by atoms with Gasteiger partial charge in [0, 0.05) is 11.9 Å². The first-order valence-electron chi connectivity index (χ1n) is 10.5. The van der Waals surface area contributed by atoms with Crippen molar-refractivity contribution in [2.45, 2.75) is 20.0 Å². The Labute approximate surface area is 197 Å². The first kappa shape index (κ1) is 23.5. The molecule has 0 radical (unpaired) electrons. The molecule has 0 spiro atoms. The average molecular weight is 487 g/mol. The van der Waals surface area contributed by atoms with E-state index in [2.05, 4.69) is 10.4 Å². The molecule has 0 fully saturated rings. The number of halogens is 3. The maximum Gasteiger partial charge on any atom is 0.418 e. The van der Waals surface area contributed by atoms with Gasteiger partial charge in [-0.1, -0.05) is 30.3 Å². The van der Waals surface area contributed by atoms with Gasteiger partial charge in [-0.2, -0.15) is 18.3 Å². The van der Waals surface area contributed by atoms with Gasteiger partial charge in [-0.15, -0.1) is 11.3 Å². The van der Waals surface area contributed by atoms with Crippen molar-refractivity contribution in [2.24, 2.45) is 0 Å². The number of benzene rings is 2. The van der Waals surface area contributed by atoms with E-state index in [0.29, 0.717) is 4.88 Å². The minimum atomic E-state index is -4.61. The van der Waals surface area contributed by atoms with E-state index in [1.807, 2.05) is 37.3 Å². The third-order valence-electron chi connectivity index (χ3n) is 5.27. The second-order valence-electron chi connectivity index (χ2n) is 7.57. The van der Waals surface area contributed by atoms with Gasteiger partial charge in [0.15, 0.2) is 0 Å². The number of likely N-dealkylation sites (N-methyl/N-ethyl adjacent to an activating group) is 1. The number of thiophene rings is 1. The van der Waals surface area contributed by atoms with Gasteiger partial charge < -0.3 is 10.2 Å². The van der Waals surface area contributed by atoms with Crippen LogP contribution in [-0.2, 0) is 11.0 Å². The number of aryl methyl sites for hydroxylation is 1. The van der Waals surface area contributed by atoms with Crippen molar-refractivity contribution in [1.82, 2.24) is 14.7 Å². The summed E-state index contributed by atoms with van der Waals surface area (Å²) in [5.74, 6) is -1.08. The summed E-state index contributed by atoms with van der Waals surface area (Å²) >= 11 is 1.26. The fourth-order valence-electron chi connectivity index (χ4n) is 3.58. The highest BCUT2D eigenvalue weighted by Gasteiger charge is 2.33. The number of anilines is 1. The molecule has 0 aliphatic rings. The zero-order chi connectivity index (χ0) is 24.5. The highest BCUT2D eigenvalue weighted by molar-refractivity contribution is 7.20. The number of rotatable bonds is 6. The van der Waals surface area contributed by atoms with E-state index in [9.17, 15) is 22.8 Å². The Kier molecular flexibility index (Phi) is 6.43. The molecule has 0 bridgehead atoms. The quantitative estimate of drug-likeness (QED) is 0.391. The molecule has 2 amide bonds. The molecule has 2 aromatic carbocycles. The van der Waals surface area contributed by atoms with Gasteiger partial charge in [-0.25, -0.2) is 4.68 Å². The van der Waals surface area contributed by atoms with E-state index in [4.69, 9.17) is 0 Å². The lowest BCUT2D eigenvalue weighted by Crippen LogP contribution is -2.37. The number of amides is 2. The van der Waals surface area contributed by atoms with E-state index < -0.39 is 17.6 Å². The predicted octanol–water partition coefficient (Wildman–Crippen LogP) is 5.52. The Hall–Kier alpha value is -3.66. The van der Waals surface area contributed by atoms with Crippen LogP contribution in [0.5, 0.6) is 0 Å². The largest absolute Gasteiger partial charge is 0.418 e. The van der Waals surface area contributed by atoms with Crippen LogP contribution in [0.2, 0.25) is 0 Å². The molecule has 0 atom stereocenters. The zero-order valence-corrected chi connectivity index (χ0v) is 19.2. The third kappa shape index (κ3) is 4.67. The number of aromatic nitrogens is 2. The second kappa shape index (κ2) is 9.30. The fraction of sp³-hybridized carbons (Fsp3) is 0.208. The van der Waals surface area contributed by atoms with Crippen LogP contribution in [0.1, 0.15) is 27.9 Å². The summed E-state index contributed by atoms with van der Waals surface area (Å²) in [6.45, 7) is 3.40. The number of carbonyl (C=O) groups excluding carboxylic acids is 2. The Bertz CT molecular complexity index is 1350. The monoisotopic (exact) mass is 486 g/mol. The number of carbonyl (C=O) groups is 2. The Morgan fingerprint density at radius 3 is 2.44 bits per heavy atom. The Balaban J connectivity index is 1.55. The molecule has 0 aliphatic carbocycles. The standard InChI is InChI=1S/C24H21F3N4O2S/c1-3-30(14-21(32)28-19-12-8-7-11-18(19)24(25,26)27)22(33)20-13-17-15(2)29-31(23(17)34-20)16-9-5-4-6-10-16/h4-13H,3,14H2,1-2H3,(H,28,32). The lowest BCUT2D eigenvalue weighted by molar-refractivity contribution is -0.137. The van der Waals surface area contributed by atoms with Crippen LogP contribution in [0.3, 0.4) is 0 Å². The molecule has 10 heteroatoms. The van der Waals surface area contributed by atoms with Crippen LogP contribution in [0.15, 0.2) is 60.7 Å². The van der Waals surface area contributed by atoms with E-state index in [1.165, 1.54) is 34.4 Å².